The molecule has 2 aliphatic heterocycles. The third kappa shape index (κ3) is 5.42. The zero-order valence-electron chi connectivity index (χ0n) is 14.3. The number of benzene rings is 1. The van der Waals surface area contributed by atoms with Crippen molar-refractivity contribution < 1.29 is 14.3 Å². The molecule has 6 nitrogen and oxygen atoms in total. The Morgan fingerprint density at radius 2 is 1.92 bits per heavy atom. The van der Waals surface area contributed by atoms with Crippen molar-refractivity contribution in [1.82, 2.24) is 15.5 Å². The highest BCUT2D eigenvalue weighted by Gasteiger charge is 2.31. The molecule has 0 radical (unpaired) electrons. The first-order chi connectivity index (χ1) is 11.7. The Morgan fingerprint density at radius 3 is 2.56 bits per heavy atom. The van der Waals surface area contributed by atoms with Gasteiger partial charge < -0.3 is 20.3 Å². The molecule has 1 unspecified atom stereocenters. The average molecular weight is 368 g/mol. The standard InChI is InChI=1S/C18H25N3O3.ClH/c22-17(20-12-14-4-2-1-3-5-14)15-6-9-21(10-7-15)18(23)16-13-24-11-8-19-16;/h1-5,15-16,19H,6-13H2,(H,20,22);1H. The van der Waals surface area contributed by atoms with E-state index in [1.54, 1.807) is 0 Å². The zero-order chi connectivity index (χ0) is 16.8. The molecule has 0 spiro atoms. The molecule has 25 heavy (non-hydrogen) atoms. The van der Waals surface area contributed by atoms with E-state index >= 15 is 0 Å². The van der Waals surface area contributed by atoms with Gasteiger partial charge in [-0.05, 0) is 18.4 Å². The number of ether oxygens (including phenoxy) is 1. The van der Waals surface area contributed by atoms with Crippen LogP contribution in [0.3, 0.4) is 0 Å². The lowest BCUT2D eigenvalue weighted by atomic mass is 9.95. The monoisotopic (exact) mass is 367 g/mol. The predicted octanol–water partition coefficient (Wildman–Crippen LogP) is 0.952. The van der Waals surface area contributed by atoms with E-state index in [1.165, 1.54) is 0 Å². The minimum atomic E-state index is -0.234. The number of nitrogens with one attached hydrogen (secondary N) is 2. The molecular weight excluding hydrogens is 342 g/mol. The van der Waals surface area contributed by atoms with Gasteiger partial charge in [-0.1, -0.05) is 30.3 Å². The largest absolute Gasteiger partial charge is 0.378 e. The number of carbonyl (C=O) groups is 2. The fourth-order valence-corrected chi connectivity index (χ4v) is 3.24. The Kier molecular flexibility index (Phi) is 7.68. The number of amides is 2. The molecule has 1 atom stereocenters. The van der Waals surface area contributed by atoms with Crippen LogP contribution < -0.4 is 10.6 Å². The van der Waals surface area contributed by atoms with Crippen molar-refractivity contribution in [2.75, 3.05) is 32.8 Å². The van der Waals surface area contributed by atoms with Gasteiger partial charge in [-0.15, -0.1) is 12.4 Å². The Hall–Kier alpha value is -1.63. The zero-order valence-corrected chi connectivity index (χ0v) is 15.1. The van der Waals surface area contributed by atoms with Crippen molar-refractivity contribution in [3.8, 4) is 0 Å². The number of likely N-dealkylation sites (tertiary alicyclic amines) is 1. The number of hydrogen-bond donors (Lipinski definition) is 2. The van der Waals surface area contributed by atoms with E-state index in [-0.39, 0.29) is 36.2 Å². The molecule has 7 heteroatoms. The Bertz CT molecular complexity index is 556. The first-order valence-corrected chi connectivity index (χ1v) is 8.65. The van der Waals surface area contributed by atoms with Crippen LogP contribution in [0.25, 0.3) is 0 Å². The number of morpholine rings is 1. The van der Waals surface area contributed by atoms with Crippen LogP contribution in [0.1, 0.15) is 18.4 Å². The second kappa shape index (κ2) is 9.75. The van der Waals surface area contributed by atoms with E-state index in [0.29, 0.717) is 32.8 Å². The van der Waals surface area contributed by atoms with Crippen molar-refractivity contribution in [2.24, 2.45) is 5.92 Å². The summed E-state index contributed by atoms with van der Waals surface area (Å²) >= 11 is 0. The molecule has 138 valence electrons. The van der Waals surface area contributed by atoms with Crippen LogP contribution in [0.15, 0.2) is 30.3 Å². The second-order valence-electron chi connectivity index (χ2n) is 6.38. The summed E-state index contributed by atoms with van der Waals surface area (Å²) in [5, 5.41) is 6.19. The molecule has 1 aromatic carbocycles. The lowest BCUT2D eigenvalue weighted by molar-refractivity contribution is -0.139. The summed E-state index contributed by atoms with van der Waals surface area (Å²) < 4.78 is 5.35. The Labute approximate surface area is 154 Å². The average Bonchev–Trinajstić information content (AvgIpc) is 2.67. The van der Waals surface area contributed by atoms with Gasteiger partial charge in [-0.3, -0.25) is 9.59 Å². The van der Waals surface area contributed by atoms with E-state index in [0.717, 1.165) is 24.9 Å². The van der Waals surface area contributed by atoms with Gasteiger partial charge in [0.25, 0.3) is 0 Å². The highest BCUT2D eigenvalue weighted by molar-refractivity contribution is 5.85. The van der Waals surface area contributed by atoms with Gasteiger partial charge in [-0.25, -0.2) is 0 Å². The number of piperidine rings is 1. The van der Waals surface area contributed by atoms with Crippen molar-refractivity contribution in [2.45, 2.75) is 25.4 Å². The fraction of sp³-hybridized carbons (Fsp3) is 0.556. The summed E-state index contributed by atoms with van der Waals surface area (Å²) in [5.41, 5.74) is 1.10. The number of halogens is 1. The molecule has 2 amide bonds. The predicted molar refractivity (Wildman–Crippen MR) is 97.5 cm³/mol. The molecule has 2 fully saturated rings. The van der Waals surface area contributed by atoms with Gasteiger partial charge in [0.15, 0.2) is 0 Å². The van der Waals surface area contributed by atoms with Gasteiger partial charge in [0.2, 0.25) is 11.8 Å². The van der Waals surface area contributed by atoms with Crippen molar-refractivity contribution >= 4 is 24.2 Å². The molecule has 2 N–H and O–H groups in total. The summed E-state index contributed by atoms with van der Waals surface area (Å²) in [4.78, 5) is 26.6. The number of hydrogen-bond acceptors (Lipinski definition) is 4. The van der Waals surface area contributed by atoms with Crippen LogP contribution in [-0.2, 0) is 20.9 Å². The summed E-state index contributed by atoms with van der Waals surface area (Å²) in [6, 6.07) is 9.66. The lowest BCUT2D eigenvalue weighted by Gasteiger charge is -2.35. The highest BCUT2D eigenvalue weighted by Crippen LogP contribution is 2.18. The molecule has 2 saturated heterocycles. The van der Waals surface area contributed by atoms with Gasteiger partial charge in [-0.2, -0.15) is 0 Å². The van der Waals surface area contributed by atoms with Gasteiger partial charge in [0, 0.05) is 32.1 Å². The maximum atomic E-state index is 12.4. The minimum Gasteiger partial charge on any atom is -0.378 e. The van der Waals surface area contributed by atoms with Crippen molar-refractivity contribution in [1.29, 1.82) is 0 Å². The number of rotatable bonds is 4. The van der Waals surface area contributed by atoms with Crippen LogP contribution in [0.2, 0.25) is 0 Å². The highest BCUT2D eigenvalue weighted by atomic mass is 35.5. The van der Waals surface area contributed by atoms with Crippen molar-refractivity contribution in [3.05, 3.63) is 35.9 Å². The summed E-state index contributed by atoms with van der Waals surface area (Å²) in [5.74, 6) is 0.177. The van der Waals surface area contributed by atoms with E-state index in [4.69, 9.17) is 4.74 Å². The number of nitrogens with zero attached hydrogens (tertiary/aromatic N) is 1. The summed E-state index contributed by atoms with van der Waals surface area (Å²) in [7, 11) is 0. The smallest absolute Gasteiger partial charge is 0.242 e. The minimum absolute atomic E-state index is 0. The third-order valence-electron chi connectivity index (χ3n) is 4.71. The van der Waals surface area contributed by atoms with Gasteiger partial charge in [0.05, 0.1) is 13.2 Å². The maximum Gasteiger partial charge on any atom is 0.242 e. The van der Waals surface area contributed by atoms with Crippen molar-refractivity contribution in [3.63, 3.8) is 0 Å². The SMILES string of the molecule is Cl.O=C(NCc1ccccc1)C1CCN(C(=O)C2COCCN2)CC1. The normalized spacial score (nSPS) is 21.3. The molecule has 0 bridgehead atoms. The first kappa shape index (κ1) is 19.7. The molecule has 0 aliphatic carbocycles. The van der Waals surface area contributed by atoms with Crippen LogP contribution in [0.4, 0.5) is 0 Å². The molecule has 2 aliphatic rings. The Balaban J connectivity index is 0.00000225. The molecule has 0 aromatic heterocycles. The maximum absolute atomic E-state index is 12.4. The van der Waals surface area contributed by atoms with Gasteiger partial charge >= 0.3 is 0 Å². The fourth-order valence-electron chi connectivity index (χ4n) is 3.24. The first-order valence-electron chi connectivity index (χ1n) is 8.65. The van der Waals surface area contributed by atoms with Gasteiger partial charge in [0.1, 0.15) is 6.04 Å². The van der Waals surface area contributed by atoms with Crippen LogP contribution in [0.5, 0.6) is 0 Å². The molecule has 0 saturated carbocycles. The van der Waals surface area contributed by atoms with E-state index < -0.39 is 0 Å². The molecule has 3 rings (SSSR count). The Morgan fingerprint density at radius 1 is 1.20 bits per heavy atom. The number of carbonyl (C=O) groups excluding carboxylic acids is 2. The topological polar surface area (TPSA) is 70.7 Å². The summed E-state index contributed by atoms with van der Waals surface area (Å²) in [6.45, 7) is 3.65. The lowest BCUT2D eigenvalue weighted by Crippen LogP contribution is -2.54. The van der Waals surface area contributed by atoms with E-state index in [1.807, 2.05) is 35.2 Å². The van der Waals surface area contributed by atoms with E-state index in [2.05, 4.69) is 10.6 Å². The molecule has 2 heterocycles. The van der Waals surface area contributed by atoms with Crippen LogP contribution in [-0.4, -0.2) is 55.6 Å². The second-order valence-corrected chi connectivity index (χ2v) is 6.38. The molecular formula is C18H26ClN3O3. The summed E-state index contributed by atoms with van der Waals surface area (Å²) in [6.07, 6.45) is 1.44. The molecule has 1 aromatic rings. The van der Waals surface area contributed by atoms with Crippen LogP contribution >= 0.6 is 12.4 Å². The van der Waals surface area contributed by atoms with Crippen LogP contribution in [0, 0.1) is 5.92 Å². The van der Waals surface area contributed by atoms with E-state index in [9.17, 15) is 9.59 Å². The third-order valence-corrected chi connectivity index (χ3v) is 4.71. The quantitative estimate of drug-likeness (QED) is 0.831.